The molecule has 2 heterocycles. The molecule has 0 radical (unpaired) electrons. The van der Waals surface area contributed by atoms with Gasteiger partial charge in [0.25, 0.3) is 5.56 Å². The Balaban J connectivity index is 2.30. The molecule has 1 unspecified atom stereocenters. The molecule has 102 valence electrons. The van der Waals surface area contributed by atoms with E-state index in [0.29, 0.717) is 12.0 Å². The number of aryl methyl sites for hydroxylation is 1. The van der Waals surface area contributed by atoms with Gasteiger partial charge in [-0.05, 0) is 6.92 Å². The van der Waals surface area contributed by atoms with Crippen LogP contribution >= 0.6 is 0 Å². The Labute approximate surface area is 108 Å². The molecule has 0 aliphatic carbocycles. The van der Waals surface area contributed by atoms with Gasteiger partial charge in [-0.3, -0.25) is 14.3 Å². The van der Waals surface area contributed by atoms with E-state index in [1.54, 1.807) is 13.1 Å². The summed E-state index contributed by atoms with van der Waals surface area (Å²) in [7, 11) is 0. The molecule has 3 atom stereocenters. The van der Waals surface area contributed by atoms with E-state index in [4.69, 9.17) is 10.00 Å². The average Bonchev–Trinajstić information content (AvgIpc) is 2.77. The van der Waals surface area contributed by atoms with Crippen molar-refractivity contribution in [2.75, 3.05) is 6.61 Å². The lowest BCUT2D eigenvalue weighted by atomic mass is 10.1. The third-order valence-electron chi connectivity index (χ3n) is 3.12. The molecule has 8 heteroatoms. The lowest BCUT2D eigenvalue weighted by Gasteiger charge is -2.14. The number of nitrogens with one attached hydrogen (secondary N) is 2. The Kier molecular flexibility index (Phi) is 3.69. The van der Waals surface area contributed by atoms with Crippen LogP contribution < -0.4 is 16.6 Å². The number of aromatic amines is 1. The Hall–Kier alpha value is -2.11. The number of aromatic nitrogens is 2. The van der Waals surface area contributed by atoms with Crippen molar-refractivity contribution in [1.29, 1.82) is 5.26 Å². The van der Waals surface area contributed by atoms with Crippen LogP contribution in [0.4, 0.5) is 0 Å². The number of hydrogen-bond donors (Lipinski definition) is 3. The highest BCUT2D eigenvalue weighted by molar-refractivity contribution is 5.02. The maximum absolute atomic E-state index is 11.7. The van der Waals surface area contributed by atoms with Crippen molar-refractivity contribution in [2.45, 2.75) is 31.7 Å². The summed E-state index contributed by atoms with van der Waals surface area (Å²) in [5.41, 5.74) is -0.625. The van der Waals surface area contributed by atoms with Gasteiger partial charge >= 0.3 is 5.69 Å². The number of nitrogens with zero attached hydrogens (tertiary/aromatic N) is 2. The smallest absolute Gasteiger partial charge is 0.330 e. The molecule has 19 heavy (non-hydrogen) atoms. The molecule has 2 rings (SSSR count). The fourth-order valence-electron chi connectivity index (χ4n) is 2.11. The van der Waals surface area contributed by atoms with Crippen LogP contribution in [0.2, 0.25) is 0 Å². The van der Waals surface area contributed by atoms with Crippen LogP contribution in [0.3, 0.4) is 0 Å². The van der Waals surface area contributed by atoms with Gasteiger partial charge in [0.15, 0.2) is 6.19 Å². The topological polar surface area (TPSA) is 120 Å². The minimum atomic E-state index is -0.619. The van der Waals surface area contributed by atoms with Gasteiger partial charge in [-0.1, -0.05) is 0 Å². The molecule has 3 N–H and O–H groups in total. The van der Waals surface area contributed by atoms with Crippen LogP contribution in [0.25, 0.3) is 0 Å². The maximum Gasteiger partial charge on any atom is 0.330 e. The van der Waals surface area contributed by atoms with Gasteiger partial charge in [0.1, 0.15) is 12.3 Å². The molecular formula is C11H14N4O4. The van der Waals surface area contributed by atoms with Gasteiger partial charge in [0, 0.05) is 18.2 Å². The largest absolute Gasteiger partial charge is 0.394 e. The van der Waals surface area contributed by atoms with Crippen molar-refractivity contribution in [3.8, 4) is 6.19 Å². The molecule has 1 aromatic heterocycles. The van der Waals surface area contributed by atoms with Crippen molar-refractivity contribution in [1.82, 2.24) is 14.9 Å². The van der Waals surface area contributed by atoms with Crippen molar-refractivity contribution in [2.24, 2.45) is 0 Å². The van der Waals surface area contributed by atoms with E-state index < -0.39 is 23.6 Å². The first-order valence-electron chi connectivity index (χ1n) is 5.79. The highest BCUT2D eigenvalue weighted by Gasteiger charge is 2.36. The third kappa shape index (κ3) is 2.52. The summed E-state index contributed by atoms with van der Waals surface area (Å²) in [6.07, 6.45) is 2.37. The highest BCUT2D eigenvalue weighted by Crippen LogP contribution is 2.27. The average molecular weight is 266 g/mol. The zero-order chi connectivity index (χ0) is 14.0. The maximum atomic E-state index is 11.7. The highest BCUT2D eigenvalue weighted by atomic mass is 16.5. The molecule has 0 saturated carbocycles. The third-order valence-corrected chi connectivity index (χ3v) is 3.12. The van der Waals surface area contributed by atoms with Crippen molar-refractivity contribution >= 4 is 0 Å². The predicted octanol–water partition coefficient (Wildman–Crippen LogP) is -1.44. The number of aliphatic hydroxyl groups is 1. The SMILES string of the molecule is Cc1cn([C@H]2CC(NC#N)[C@@H](CO)O2)c(=O)[nH]c1=O. The summed E-state index contributed by atoms with van der Waals surface area (Å²) in [4.78, 5) is 25.2. The molecule has 0 aromatic carbocycles. The fourth-order valence-corrected chi connectivity index (χ4v) is 2.11. The Morgan fingerprint density at radius 1 is 1.68 bits per heavy atom. The minimum Gasteiger partial charge on any atom is -0.394 e. The number of nitriles is 1. The molecule has 1 saturated heterocycles. The summed E-state index contributed by atoms with van der Waals surface area (Å²) in [5, 5.41) is 20.3. The summed E-state index contributed by atoms with van der Waals surface area (Å²) in [6, 6.07) is -0.362. The van der Waals surface area contributed by atoms with Crippen molar-refractivity contribution < 1.29 is 9.84 Å². The Bertz CT molecular complexity index is 614. The lowest BCUT2D eigenvalue weighted by molar-refractivity contribution is -0.0283. The van der Waals surface area contributed by atoms with E-state index >= 15 is 0 Å². The first-order chi connectivity index (χ1) is 9.06. The first kappa shape index (κ1) is 13.3. The number of ether oxygens (including phenoxy) is 1. The standard InChI is InChI=1S/C11H14N4O4/c1-6-3-15(11(18)14-10(6)17)9-2-7(13-5-12)8(4-16)19-9/h3,7-9,13,16H,2,4H2,1H3,(H,14,17,18)/t7?,8-,9-/m1/s1. The summed E-state index contributed by atoms with van der Waals surface area (Å²) in [5.74, 6) is 0. The Morgan fingerprint density at radius 3 is 3.05 bits per heavy atom. The fraction of sp³-hybridized carbons (Fsp3) is 0.545. The van der Waals surface area contributed by atoms with Crippen LogP contribution in [0, 0.1) is 18.4 Å². The van der Waals surface area contributed by atoms with Crippen molar-refractivity contribution in [3.05, 3.63) is 32.6 Å². The number of H-pyrrole nitrogens is 1. The molecule has 0 amide bonds. The van der Waals surface area contributed by atoms with Crippen LogP contribution in [-0.2, 0) is 4.74 Å². The van der Waals surface area contributed by atoms with Crippen LogP contribution in [0.15, 0.2) is 15.8 Å². The molecule has 1 aliphatic heterocycles. The summed E-state index contributed by atoms with van der Waals surface area (Å²) in [6.45, 7) is 1.32. The Morgan fingerprint density at radius 2 is 2.42 bits per heavy atom. The molecule has 1 fully saturated rings. The second-order valence-electron chi connectivity index (χ2n) is 4.39. The second-order valence-corrected chi connectivity index (χ2v) is 4.39. The van der Waals surface area contributed by atoms with E-state index in [2.05, 4.69) is 10.3 Å². The zero-order valence-corrected chi connectivity index (χ0v) is 10.3. The van der Waals surface area contributed by atoms with Crippen molar-refractivity contribution in [3.63, 3.8) is 0 Å². The molecular weight excluding hydrogens is 252 g/mol. The number of aliphatic hydroxyl groups excluding tert-OH is 1. The molecule has 1 aromatic rings. The molecule has 0 bridgehead atoms. The molecule has 0 spiro atoms. The monoisotopic (exact) mass is 266 g/mol. The predicted molar refractivity (Wildman–Crippen MR) is 64.2 cm³/mol. The van der Waals surface area contributed by atoms with Crippen LogP contribution in [-0.4, -0.2) is 33.4 Å². The van der Waals surface area contributed by atoms with Crippen LogP contribution in [0.5, 0.6) is 0 Å². The summed E-state index contributed by atoms with van der Waals surface area (Å²) < 4.78 is 6.78. The van der Waals surface area contributed by atoms with Gasteiger partial charge in [0.2, 0.25) is 0 Å². The lowest BCUT2D eigenvalue weighted by Crippen LogP contribution is -2.35. The van der Waals surface area contributed by atoms with Gasteiger partial charge < -0.3 is 15.2 Å². The zero-order valence-electron chi connectivity index (χ0n) is 10.3. The molecule has 1 aliphatic rings. The van der Waals surface area contributed by atoms with Gasteiger partial charge in [-0.25, -0.2) is 4.79 Å². The normalized spacial score (nSPS) is 26.1. The minimum absolute atomic E-state index is 0.257. The van der Waals surface area contributed by atoms with E-state index in [9.17, 15) is 14.7 Å². The second kappa shape index (κ2) is 5.26. The number of hydrogen-bond acceptors (Lipinski definition) is 6. The van der Waals surface area contributed by atoms with E-state index in [1.165, 1.54) is 10.8 Å². The van der Waals surface area contributed by atoms with Gasteiger partial charge in [0.05, 0.1) is 12.6 Å². The van der Waals surface area contributed by atoms with E-state index in [1.807, 2.05) is 0 Å². The van der Waals surface area contributed by atoms with Crippen LogP contribution in [0.1, 0.15) is 18.2 Å². The summed E-state index contributed by atoms with van der Waals surface area (Å²) >= 11 is 0. The van der Waals surface area contributed by atoms with Gasteiger partial charge in [-0.15, -0.1) is 0 Å². The van der Waals surface area contributed by atoms with E-state index in [-0.39, 0.29) is 12.6 Å². The van der Waals surface area contributed by atoms with Gasteiger partial charge in [-0.2, -0.15) is 5.26 Å². The quantitative estimate of drug-likeness (QED) is 0.455. The van der Waals surface area contributed by atoms with E-state index in [0.717, 1.165) is 0 Å². The number of rotatable bonds is 3. The first-order valence-corrected chi connectivity index (χ1v) is 5.79. The molecule has 8 nitrogen and oxygen atoms in total.